The summed E-state index contributed by atoms with van der Waals surface area (Å²) in [6.45, 7) is 3.62. The molecule has 0 fully saturated rings. The molecule has 0 aliphatic carbocycles. The molecule has 8 nitrogen and oxygen atoms in total. The van der Waals surface area contributed by atoms with Gasteiger partial charge in [-0.1, -0.05) is 75.2 Å². The van der Waals surface area contributed by atoms with Crippen LogP contribution in [0.15, 0.2) is 53.3 Å². The molecule has 0 bridgehead atoms. The van der Waals surface area contributed by atoms with Crippen molar-refractivity contribution in [2.45, 2.75) is 65.1 Å². The van der Waals surface area contributed by atoms with Gasteiger partial charge in [-0.05, 0) is 41.2 Å². The first-order chi connectivity index (χ1) is 18.3. The van der Waals surface area contributed by atoms with Crippen molar-refractivity contribution in [2.75, 3.05) is 0 Å². The van der Waals surface area contributed by atoms with Gasteiger partial charge in [-0.3, -0.25) is 9.36 Å². The fourth-order valence-corrected chi connectivity index (χ4v) is 4.49. The maximum atomic E-state index is 14.2. The summed E-state index contributed by atoms with van der Waals surface area (Å²) < 4.78 is 44.1. The minimum atomic E-state index is -4.84. The molecule has 11 heteroatoms. The van der Waals surface area contributed by atoms with E-state index in [4.69, 9.17) is 0 Å². The molecule has 0 atom stereocenters. The van der Waals surface area contributed by atoms with Crippen molar-refractivity contribution in [1.29, 1.82) is 0 Å². The Morgan fingerprint density at radius 1 is 0.974 bits per heavy atom. The van der Waals surface area contributed by atoms with E-state index in [1.165, 1.54) is 0 Å². The fraction of sp³-hybridized carbons (Fsp3) is 0.370. The van der Waals surface area contributed by atoms with E-state index in [0.717, 1.165) is 21.3 Å². The van der Waals surface area contributed by atoms with Gasteiger partial charge in [0.05, 0.1) is 12.2 Å². The molecule has 4 aromatic rings. The molecule has 2 heterocycles. The molecular formula is C27H29F3N6O2. The second-order valence-electron chi connectivity index (χ2n) is 9.08. The molecule has 0 saturated heterocycles. The number of aromatic nitrogens is 6. The number of unbranched alkanes of at least 4 members (excludes halogenated alkanes) is 2. The fourth-order valence-electron chi connectivity index (χ4n) is 4.49. The summed E-state index contributed by atoms with van der Waals surface area (Å²) in [5, 5.41) is 14.1. The number of halogens is 3. The Hall–Kier alpha value is -4.02. The van der Waals surface area contributed by atoms with Gasteiger partial charge < -0.3 is 0 Å². The number of carbonyl (C=O) groups is 1. The third-order valence-corrected chi connectivity index (χ3v) is 6.39. The van der Waals surface area contributed by atoms with Gasteiger partial charge in [0.15, 0.2) is 5.69 Å². The van der Waals surface area contributed by atoms with Gasteiger partial charge in [0.25, 0.3) is 0 Å². The quantitative estimate of drug-likeness (QED) is 0.284. The predicted molar refractivity (Wildman–Crippen MR) is 137 cm³/mol. The number of imidazole rings is 1. The number of nitrogens with one attached hydrogen (secondary N) is 1. The third kappa shape index (κ3) is 5.61. The van der Waals surface area contributed by atoms with Crippen molar-refractivity contribution in [1.82, 2.24) is 29.8 Å². The summed E-state index contributed by atoms with van der Waals surface area (Å²) in [5.74, 6) is -0.389. The molecular weight excluding hydrogens is 497 g/mol. The zero-order chi connectivity index (χ0) is 27.3. The standard InChI is InChI=1S/C27H29F3N6O2/c1-3-5-11-22-24(27(28,29)30)36(23(37)12-6-4-2)26(38)35(22)17-18-13-15-19(16-14-18)20-9-7-8-10-21(20)25-31-33-34-32-25/h7-10,13-16H,3-6,11-12,17H2,1-2H3,(H,31,32,33,34). The van der Waals surface area contributed by atoms with E-state index in [-0.39, 0.29) is 25.1 Å². The largest absolute Gasteiger partial charge is 0.433 e. The Morgan fingerprint density at radius 2 is 1.66 bits per heavy atom. The lowest BCUT2D eigenvalue weighted by molar-refractivity contribution is -0.143. The molecule has 2 aromatic carbocycles. The van der Waals surface area contributed by atoms with E-state index < -0.39 is 23.5 Å². The van der Waals surface area contributed by atoms with Crippen molar-refractivity contribution < 1.29 is 18.0 Å². The van der Waals surface area contributed by atoms with Crippen LogP contribution in [0.3, 0.4) is 0 Å². The number of nitrogens with zero attached hydrogens (tertiary/aromatic N) is 5. The van der Waals surface area contributed by atoms with Crippen LogP contribution in [0, 0.1) is 0 Å². The first kappa shape index (κ1) is 27.0. The van der Waals surface area contributed by atoms with E-state index >= 15 is 0 Å². The normalized spacial score (nSPS) is 11.7. The van der Waals surface area contributed by atoms with Crippen molar-refractivity contribution in [3.05, 3.63) is 76.0 Å². The average Bonchev–Trinajstić information content (AvgIpc) is 3.53. The lowest BCUT2D eigenvalue weighted by Crippen LogP contribution is -2.32. The van der Waals surface area contributed by atoms with Crippen LogP contribution in [-0.2, 0) is 19.1 Å². The highest BCUT2D eigenvalue weighted by Gasteiger charge is 2.42. The smallest absolute Gasteiger partial charge is 0.291 e. The molecule has 200 valence electrons. The van der Waals surface area contributed by atoms with Crippen LogP contribution in [0.5, 0.6) is 0 Å². The lowest BCUT2D eigenvalue weighted by atomic mass is 9.98. The summed E-state index contributed by atoms with van der Waals surface area (Å²) >= 11 is 0. The number of hydrogen-bond donors (Lipinski definition) is 1. The van der Waals surface area contributed by atoms with Gasteiger partial charge >= 0.3 is 11.9 Å². The molecule has 4 rings (SSSR count). The molecule has 0 aliphatic rings. The highest BCUT2D eigenvalue weighted by molar-refractivity contribution is 5.81. The van der Waals surface area contributed by atoms with Crippen LogP contribution in [0.1, 0.15) is 67.7 Å². The maximum absolute atomic E-state index is 14.2. The van der Waals surface area contributed by atoms with Crippen LogP contribution in [-0.4, -0.2) is 35.7 Å². The maximum Gasteiger partial charge on any atom is 0.433 e. The Bertz CT molecular complexity index is 1440. The highest BCUT2D eigenvalue weighted by atomic mass is 19.4. The summed E-state index contributed by atoms with van der Waals surface area (Å²) in [6.07, 6.45) is -2.76. The first-order valence-corrected chi connectivity index (χ1v) is 12.6. The van der Waals surface area contributed by atoms with Crippen LogP contribution in [0.2, 0.25) is 0 Å². The number of hydrogen-bond acceptors (Lipinski definition) is 5. The number of rotatable bonds is 10. The van der Waals surface area contributed by atoms with Crippen LogP contribution >= 0.6 is 0 Å². The van der Waals surface area contributed by atoms with Crippen LogP contribution in [0.4, 0.5) is 13.2 Å². The van der Waals surface area contributed by atoms with E-state index in [1.807, 2.05) is 50.2 Å². The van der Waals surface area contributed by atoms with Crippen LogP contribution < -0.4 is 5.69 Å². The van der Waals surface area contributed by atoms with Gasteiger partial charge in [-0.2, -0.15) is 18.4 Å². The third-order valence-electron chi connectivity index (χ3n) is 6.39. The van der Waals surface area contributed by atoms with E-state index in [0.29, 0.717) is 41.6 Å². The number of H-pyrrole nitrogens is 1. The molecule has 0 saturated carbocycles. The minimum Gasteiger partial charge on any atom is -0.291 e. The number of benzene rings is 2. The van der Waals surface area contributed by atoms with E-state index in [2.05, 4.69) is 20.6 Å². The molecule has 0 unspecified atom stereocenters. The van der Waals surface area contributed by atoms with Crippen LogP contribution in [0.25, 0.3) is 22.5 Å². The molecule has 0 radical (unpaired) electrons. The van der Waals surface area contributed by atoms with Gasteiger partial charge in [0.2, 0.25) is 11.7 Å². The lowest BCUT2D eigenvalue weighted by Gasteiger charge is -2.13. The molecule has 0 aliphatic heterocycles. The molecule has 2 aromatic heterocycles. The molecule has 1 N–H and O–H groups in total. The minimum absolute atomic E-state index is 0.0464. The predicted octanol–water partition coefficient (Wildman–Crippen LogP) is 5.74. The van der Waals surface area contributed by atoms with Gasteiger partial charge in [-0.15, -0.1) is 10.2 Å². The zero-order valence-corrected chi connectivity index (χ0v) is 21.3. The monoisotopic (exact) mass is 526 g/mol. The average molecular weight is 527 g/mol. The second-order valence-corrected chi connectivity index (χ2v) is 9.08. The van der Waals surface area contributed by atoms with E-state index in [9.17, 15) is 22.8 Å². The number of tetrazole rings is 1. The summed E-state index contributed by atoms with van der Waals surface area (Å²) in [5.41, 5.74) is 0.853. The molecule has 0 amide bonds. The Kier molecular flexibility index (Phi) is 8.23. The van der Waals surface area contributed by atoms with Crippen molar-refractivity contribution >= 4 is 5.91 Å². The number of aromatic amines is 1. The molecule has 38 heavy (non-hydrogen) atoms. The second kappa shape index (κ2) is 11.6. The summed E-state index contributed by atoms with van der Waals surface area (Å²) in [4.78, 5) is 26.0. The first-order valence-electron chi connectivity index (χ1n) is 12.6. The van der Waals surface area contributed by atoms with Crippen molar-refractivity contribution in [2.24, 2.45) is 0 Å². The SMILES string of the molecule is CCCCC(=O)n1c(C(F)(F)F)c(CCCC)n(Cc2ccc(-c3ccccc3-c3nn[nH]n3)cc2)c1=O. The molecule has 0 spiro atoms. The summed E-state index contributed by atoms with van der Waals surface area (Å²) in [6, 6.07) is 14.7. The Labute approximate surface area is 217 Å². The van der Waals surface area contributed by atoms with Crippen molar-refractivity contribution in [3.63, 3.8) is 0 Å². The summed E-state index contributed by atoms with van der Waals surface area (Å²) in [7, 11) is 0. The van der Waals surface area contributed by atoms with E-state index in [1.54, 1.807) is 12.1 Å². The Balaban J connectivity index is 1.73. The zero-order valence-electron chi connectivity index (χ0n) is 21.3. The Morgan fingerprint density at radius 3 is 2.26 bits per heavy atom. The highest BCUT2D eigenvalue weighted by Crippen LogP contribution is 2.34. The number of alkyl halides is 3. The van der Waals surface area contributed by atoms with Crippen molar-refractivity contribution in [3.8, 4) is 22.5 Å². The topological polar surface area (TPSA) is 98.5 Å². The van der Waals surface area contributed by atoms with Gasteiger partial charge in [-0.25, -0.2) is 9.36 Å². The van der Waals surface area contributed by atoms with Gasteiger partial charge in [0.1, 0.15) is 0 Å². The van der Waals surface area contributed by atoms with Gasteiger partial charge in [0, 0.05) is 12.0 Å². The number of carbonyl (C=O) groups excluding carboxylic acids is 1.